The largest absolute Gasteiger partial charge is 0.452 e. The number of hydrogen-bond acceptors (Lipinski definition) is 6. The summed E-state index contributed by atoms with van der Waals surface area (Å²) >= 11 is 0. The van der Waals surface area contributed by atoms with Gasteiger partial charge in [-0.2, -0.15) is 13.2 Å². The lowest BCUT2D eigenvalue weighted by atomic mass is 10.2. The Morgan fingerprint density at radius 2 is 1.86 bits per heavy atom. The molecule has 0 saturated carbocycles. The quantitative estimate of drug-likeness (QED) is 0.521. The van der Waals surface area contributed by atoms with Crippen molar-refractivity contribution in [1.82, 2.24) is 15.4 Å². The molecule has 1 aromatic rings. The number of amides is 3. The van der Waals surface area contributed by atoms with E-state index in [1.165, 1.54) is 6.92 Å². The zero-order chi connectivity index (χ0) is 22.2. The van der Waals surface area contributed by atoms with Gasteiger partial charge in [0, 0.05) is 13.1 Å². The zero-order valence-corrected chi connectivity index (χ0v) is 16.3. The van der Waals surface area contributed by atoms with Crippen LogP contribution >= 0.6 is 0 Å². The number of esters is 1. The highest BCUT2D eigenvalue weighted by Crippen LogP contribution is 2.30. The molecule has 0 aliphatic carbocycles. The van der Waals surface area contributed by atoms with Crippen molar-refractivity contribution in [3.05, 3.63) is 29.8 Å². The summed E-state index contributed by atoms with van der Waals surface area (Å²) in [5.41, 5.74) is -1.13. The van der Waals surface area contributed by atoms with Crippen LogP contribution in [-0.2, 0) is 30.5 Å². The van der Waals surface area contributed by atoms with Gasteiger partial charge in [0.2, 0.25) is 10.0 Å². The van der Waals surface area contributed by atoms with Crippen LogP contribution in [0, 0.1) is 0 Å². The van der Waals surface area contributed by atoms with Crippen molar-refractivity contribution in [2.45, 2.75) is 37.4 Å². The molecule has 1 aromatic carbocycles. The average Bonchev–Trinajstić information content (AvgIpc) is 2.61. The van der Waals surface area contributed by atoms with Crippen LogP contribution in [0.3, 0.4) is 0 Å². The van der Waals surface area contributed by atoms with Crippen LogP contribution in [0.25, 0.3) is 0 Å². The number of hydrogen-bond donors (Lipinski definition) is 3. The topological polar surface area (TPSA) is 131 Å². The minimum absolute atomic E-state index is 0.277. The number of ether oxygens (including phenoxy) is 1. The van der Waals surface area contributed by atoms with Gasteiger partial charge in [0.05, 0.1) is 16.9 Å². The van der Waals surface area contributed by atoms with Crippen molar-refractivity contribution in [2.24, 2.45) is 0 Å². The molecule has 13 heteroatoms. The van der Waals surface area contributed by atoms with E-state index in [-0.39, 0.29) is 6.54 Å². The Labute approximate surface area is 165 Å². The van der Waals surface area contributed by atoms with Gasteiger partial charge in [-0.25, -0.2) is 17.9 Å². The number of alkyl halides is 3. The number of carbonyl (C=O) groups is 3. The van der Waals surface area contributed by atoms with Gasteiger partial charge in [0.25, 0.3) is 5.91 Å². The Balaban J connectivity index is 2.56. The second kappa shape index (κ2) is 10.2. The fourth-order valence-electron chi connectivity index (χ4n) is 1.94. The highest BCUT2D eigenvalue weighted by atomic mass is 32.2. The molecule has 1 atom stereocenters. The molecule has 0 radical (unpaired) electrons. The lowest BCUT2D eigenvalue weighted by molar-refractivity contribution is -0.154. The number of imide groups is 1. The van der Waals surface area contributed by atoms with E-state index in [4.69, 9.17) is 4.74 Å². The van der Waals surface area contributed by atoms with Crippen LogP contribution in [0.2, 0.25) is 0 Å². The van der Waals surface area contributed by atoms with E-state index in [9.17, 15) is 36.0 Å². The van der Waals surface area contributed by atoms with Crippen molar-refractivity contribution in [3.63, 3.8) is 0 Å². The van der Waals surface area contributed by atoms with Crippen LogP contribution in [0.1, 0.15) is 25.8 Å². The van der Waals surface area contributed by atoms with E-state index >= 15 is 0 Å². The summed E-state index contributed by atoms with van der Waals surface area (Å²) in [5, 5.41) is 4.24. The fraction of sp³-hybridized carbons (Fsp3) is 0.438. The monoisotopic (exact) mass is 439 g/mol. The molecule has 0 bridgehead atoms. The van der Waals surface area contributed by atoms with E-state index in [0.29, 0.717) is 6.07 Å². The Morgan fingerprint density at radius 3 is 2.45 bits per heavy atom. The van der Waals surface area contributed by atoms with Gasteiger partial charge in [-0.1, -0.05) is 6.07 Å². The summed E-state index contributed by atoms with van der Waals surface area (Å²) in [4.78, 5) is 33.9. The number of halogens is 3. The molecule has 0 aromatic heterocycles. The SMILES string of the molecule is CCNC(=O)NC(=O)C(C)OC(=O)CCNS(=O)(=O)c1cccc(C(F)(F)F)c1. The van der Waals surface area contributed by atoms with Gasteiger partial charge in [0.15, 0.2) is 6.10 Å². The summed E-state index contributed by atoms with van der Waals surface area (Å²) in [7, 11) is -4.30. The van der Waals surface area contributed by atoms with Crippen LogP contribution < -0.4 is 15.4 Å². The molecule has 0 spiro atoms. The summed E-state index contributed by atoms with van der Waals surface area (Å²) in [6.45, 7) is 2.65. The molecular weight excluding hydrogens is 419 g/mol. The maximum atomic E-state index is 12.7. The van der Waals surface area contributed by atoms with Gasteiger partial charge in [-0.3, -0.25) is 14.9 Å². The van der Waals surface area contributed by atoms with Gasteiger partial charge >= 0.3 is 18.2 Å². The molecule has 0 heterocycles. The van der Waals surface area contributed by atoms with Crippen LogP contribution in [0.5, 0.6) is 0 Å². The lowest BCUT2D eigenvalue weighted by Crippen LogP contribution is -2.44. The van der Waals surface area contributed by atoms with Gasteiger partial charge < -0.3 is 10.1 Å². The fourth-order valence-corrected chi connectivity index (χ4v) is 3.02. The summed E-state index contributed by atoms with van der Waals surface area (Å²) < 4.78 is 68.9. The summed E-state index contributed by atoms with van der Waals surface area (Å²) in [5.74, 6) is -1.83. The number of sulfonamides is 1. The van der Waals surface area contributed by atoms with E-state index in [0.717, 1.165) is 18.2 Å². The average molecular weight is 439 g/mol. The van der Waals surface area contributed by atoms with Crippen LogP contribution in [0.15, 0.2) is 29.2 Å². The molecule has 0 aliphatic heterocycles. The van der Waals surface area contributed by atoms with Crippen molar-refractivity contribution < 1.29 is 40.7 Å². The van der Waals surface area contributed by atoms with Crippen LogP contribution in [0.4, 0.5) is 18.0 Å². The Bertz CT molecular complexity index is 858. The first-order valence-corrected chi connectivity index (χ1v) is 9.80. The number of carbonyl (C=O) groups excluding carboxylic acids is 3. The normalized spacial score (nSPS) is 12.7. The van der Waals surface area contributed by atoms with Gasteiger partial charge in [0.1, 0.15) is 0 Å². The lowest BCUT2D eigenvalue weighted by Gasteiger charge is -2.13. The minimum Gasteiger partial charge on any atom is -0.452 e. The predicted molar refractivity (Wildman–Crippen MR) is 94.0 cm³/mol. The molecule has 1 rings (SSSR count). The highest BCUT2D eigenvalue weighted by Gasteiger charge is 2.31. The molecule has 1 unspecified atom stereocenters. The molecule has 162 valence electrons. The summed E-state index contributed by atoms with van der Waals surface area (Å²) in [6, 6.07) is 2.34. The summed E-state index contributed by atoms with van der Waals surface area (Å²) in [6.07, 6.45) is -6.51. The molecule has 29 heavy (non-hydrogen) atoms. The predicted octanol–water partition coefficient (Wildman–Crippen LogP) is 1.15. The molecule has 3 N–H and O–H groups in total. The third-order valence-electron chi connectivity index (χ3n) is 3.34. The Hall–Kier alpha value is -2.67. The number of nitrogens with one attached hydrogen (secondary N) is 3. The van der Waals surface area contributed by atoms with E-state index in [1.807, 2.05) is 10.0 Å². The molecule has 0 fully saturated rings. The number of benzene rings is 1. The minimum atomic E-state index is -4.71. The maximum absolute atomic E-state index is 12.7. The Kier molecular flexibility index (Phi) is 8.58. The molecule has 0 aliphatic rings. The third kappa shape index (κ3) is 8.07. The van der Waals surface area contributed by atoms with E-state index in [1.54, 1.807) is 6.92 Å². The zero-order valence-electron chi connectivity index (χ0n) is 15.5. The number of urea groups is 1. The van der Waals surface area contributed by atoms with Gasteiger partial charge in [-0.15, -0.1) is 0 Å². The number of rotatable bonds is 8. The van der Waals surface area contributed by atoms with E-state index in [2.05, 4.69) is 5.32 Å². The van der Waals surface area contributed by atoms with E-state index < -0.39 is 63.6 Å². The van der Waals surface area contributed by atoms with Crippen LogP contribution in [-0.4, -0.2) is 45.5 Å². The molecular formula is C16H20F3N3O6S. The highest BCUT2D eigenvalue weighted by molar-refractivity contribution is 7.89. The first-order chi connectivity index (χ1) is 13.4. The molecule has 9 nitrogen and oxygen atoms in total. The third-order valence-corrected chi connectivity index (χ3v) is 4.80. The van der Waals surface area contributed by atoms with Crippen molar-refractivity contribution in [3.8, 4) is 0 Å². The Morgan fingerprint density at radius 1 is 1.21 bits per heavy atom. The molecule has 3 amide bonds. The second-order valence-electron chi connectivity index (χ2n) is 5.65. The first-order valence-electron chi connectivity index (χ1n) is 8.32. The second-order valence-corrected chi connectivity index (χ2v) is 7.42. The standard InChI is InChI=1S/C16H20F3N3O6S/c1-3-20-15(25)22-14(24)10(2)28-13(23)7-8-21-29(26,27)12-6-4-5-11(9-12)16(17,18)19/h4-6,9-10,21H,3,7-8H2,1-2H3,(H2,20,22,24,25). The first kappa shape index (κ1) is 24.4. The smallest absolute Gasteiger partial charge is 0.416 e. The van der Waals surface area contributed by atoms with Crippen molar-refractivity contribution >= 4 is 27.9 Å². The maximum Gasteiger partial charge on any atom is 0.416 e. The van der Waals surface area contributed by atoms with Crippen molar-refractivity contribution in [2.75, 3.05) is 13.1 Å². The van der Waals surface area contributed by atoms with Crippen molar-refractivity contribution in [1.29, 1.82) is 0 Å². The molecule has 0 saturated heterocycles. The van der Waals surface area contributed by atoms with Gasteiger partial charge in [-0.05, 0) is 32.0 Å².